The Hall–Kier alpha value is -5.69. The van der Waals surface area contributed by atoms with Crippen molar-refractivity contribution >= 4 is 53.2 Å². The van der Waals surface area contributed by atoms with Gasteiger partial charge in [-0.15, -0.1) is 0 Å². The lowest BCUT2D eigenvalue weighted by Gasteiger charge is -2.51. The summed E-state index contributed by atoms with van der Waals surface area (Å²) in [5.41, 5.74) is -0.931. The Kier molecular flexibility index (Phi) is 30.2. The molecule has 89 heavy (non-hydrogen) atoms. The Labute approximate surface area is 503 Å². The molecule has 0 aromatic heterocycles. The van der Waals surface area contributed by atoms with E-state index in [1.54, 1.807) is 0 Å². The van der Waals surface area contributed by atoms with Crippen molar-refractivity contribution in [1.82, 2.24) is 21.3 Å². The van der Waals surface area contributed by atoms with Gasteiger partial charge in [0.1, 0.15) is 79.9 Å². The van der Waals surface area contributed by atoms with Crippen LogP contribution in [0.1, 0.15) is 53.4 Å². The highest BCUT2D eigenvalue weighted by Crippen LogP contribution is 2.41. The maximum absolute atomic E-state index is 13.5. The van der Waals surface area contributed by atoms with Crippen LogP contribution in [0.25, 0.3) is 0 Å². The molecule has 0 saturated carbocycles. The lowest BCUT2D eigenvalue weighted by atomic mass is 9.86. The molecule has 512 valence electrons. The fourth-order valence-corrected chi connectivity index (χ4v) is 9.89. The molecule has 0 aromatic rings. The number of aliphatic hydroxyl groups excluding tert-OH is 14. The minimum Gasteiger partial charge on any atom is -0.477 e. The zero-order chi connectivity index (χ0) is 67.6. The first-order chi connectivity index (χ1) is 41.6. The lowest BCUT2D eigenvalue weighted by Crippen LogP contribution is -2.71. The second kappa shape index (κ2) is 34.7. The molecule has 3 fully saturated rings. The Morgan fingerprint density at radius 1 is 0.517 bits per heavy atom. The largest absolute Gasteiger partial charge is 0.477 e. The molecule has 4 amide bonds. The van der Waals surface area contributed by atoms with Crippen LogP contribution >= 0.6 is 0 Å². The molecule has 3 heterocycles. The number of carbonyl (C=O) groups excluding carboxylic acids is 4. The van der Waals surface area contributed by atoms with Gasteiger partial charge in [-0.3, -0.25) is 19.2 Å². The van der Waals surface area contributed by atoms with Crippen LogP contribution in [0.2, 0.25) is 0 Å². The van der Waals surface area contributed by atoms with Crippen LogP contribution in [0.5, 0.6) is 0 Å². The van der Waals surface area contributed by atoms with E-state index in [1.165, 1.54) is 0 Å². The number of amides is 4. The molecule has 0 unspecified atom stereocenters. The minimum absolute atomic E-state index is 0.00812. The Bertz CT molecular complexity index is 2400. The SMILES string of the molecule is CC(=O)N[C@@H]([C@@H](O)[C@H](O)[C@@H](CO)O[C@]1(C(=O)O)C[C@H](O)[C@@H](NC(C)=O)[C@H]([C@H](O)[C@@H](CO)O[C@]2(C(=O)O)C[C@H](O)[C@@H](NC(C)=O)[C@H]([C@H](O)[C@@H](CO)O[C@]3(C(=O)O)C[C@H](O)[C@@H](NC(C)=O)[C@H]([C@H](O)[C@H](O)CO)O3)O2)O1)[C@@H](O)C/C(=N\OCCOCCON)C(=O)O. The monoisotopic (exact) mass is 1300 g/mol. The van der Waals surface area contributed by atoms with Crippen molar-refractivity contribution in [2.75, 3.05) is 52.9 Å². The first-order valence-corrected chi connectivity index (χ1v) is 27.0. The summed E-state index contributed by atoms with van der Waals surface area (Å²) in [6.45, 7) is -2.97. The van der Waals surface area contributed by atoms with Crippen LogP contribution < -0.4 is 27.2 Å². The van der Waals surface area contributed by atoms with Crippen molar-refractivity contribution in [3.63, 3.8) is 0 Å². The van der Waals surface area contributed by atoms with Crippen LogP contribution in [0.4, 0.5) is 0 Å². The predicted molar refractivity (Wildman–Crippen MR) is 280 cm³/mol. The molecule has 41 heteroatoms. The van der Waals surface area contributed by atoms with Crippen LogP contribution in [0.15, 0.2) is 5.16 Å². The van der Waals surface area contributed by atoms with E-state index in [0.29, 0.717) is 0 Å². The zero-order valence-corrected chi connectivity index (χ0v) is 48.0. The van der Waals surface area contributed by atoms with Gasteiger partial charge in [0.25, 0.3) is 17.4 Å². The van der Waals surface area contributed by atoms with Gasteiger partial charge >= 0.3 is 23.9 Å². The maximum atomic E-state index is 13.5. The second-order valence-electron chi connectivity index (χ2n) is 20.8. The molecule has 3 aliphatic rings. The number of aliphatic carboxylic acids is 4. The summed E-state index contributed by atoms with van der Waals surface area (Å²) in [7, 11) is 0. The molecule has 41 nitrogen and oxygen atoms in total. The molecular weight excluding hydrogens is 1220 g/mol. The topological polar surface area (TPSA) is 670 Å². The van der Waals surface area contributed by atoms with Crippen molar-refractivity contribution in [1.29, 1.82) is 0 Å². The highest BCUT2D eigenvalue weighted by molar-refractivity contribution is 6.35. The number of ether oxygens (including phenoxy) is 7. The number of carbonyl (C=O) groups is 8. The lowest BCUT2D eigenvalue weighted by molar-refractivity contribution is -0.360. The fraction of sp³-hybridized carbons (Fsp3) is 0.812. The molecule has 0 aliphatic carbocycles. The zero-order valence-electron chi connectivity index (χ0n) is 48.0. The third-order valence-electron chi connectivity index (χ3n) is 14.1. The third-order valence-corrected chi connectivity index (χ3v) is 14.1. The number of nitrogens with zero attached hydrogens (tertiary/aromatic N) is 1. The standard InChI is InChI=1S/C48H80N6O35/c1-17(59)50-30(22(63)9-21(42(73)74)54-83-8-6-81-5-7-82-49)38(72)35(69)27(14-56)84-46(43(75)76)11-24(65)32(52-19(3)61)40(88-46)37(71)29(16-58)86-48(45(79)80)12-25(66)33(53-20(4)62)41(89-48)36(70)28(15-57)85-47(44(77)78)10-23(64)31(51-18(2)60)39(87-47)34(68)26(67)13-55/h22-41,55-58,63-72H,5-16,49H2,1-4H3,(H,50,59)(H,51,60)(H,52,61)(H,53,62)(H,73,74)(H,75,76)(H,77,78)(H,79,80)/b54-21+/t22-,23-,24-,25-,26+,27+,28+,29+,30+,31+,32+,33+,34+,35+,36+,37+,38+,39+,40+,41+,46+,47+,48+/m0/s1. The average molecular weight is 1300 g/mol. The molecular formula is C48H80N6O35. The van der Waals surface area contributed by atoms with Crippen molar-refractivity contribution in [2.24, 2.45) is 11.1 Å². The van der Waals surface area contributed by atoms with Gasteiger partial charge in [0.15, 0.2) is 5.71 Å². The van der Waals surface area contributed by atoms with Crippen LogP contribution in [0, 0.1) is 0 Å². The molecule has 0 aromatic carbocycles. The molecule has 3 saturated heterocycles. The molecule has 3 aliphatic heterocycles. The van der Waals surface area contributed by atoms with Crippen molar-refractivity contribution in [3.05, 3.63) is 0 Å². The number of oxime groups is 1. The molecule has 24 N–H and O–H groups in total. The summed E-state index contributed by atoms with van der Waals surface area (Å²) >= 11 is 0. The maximum Gasteiger partial charge on any atom is 0.364 e. The summed E-state index contributed by atoms with van der Waals surface area (Å²) in [6.07, 6.45) is -44.2. The highest BCUT2D eigenvalue weighted by atomic mass is 16.8. The average Bonchev–Trinajstić information content (AvgIpc) is 1.64. The summed E-state index contributed by atoms with van der Waals surface area (Å²) in [6, 6.07) is -8.01. The molecule has 23 atom stereocenters. The van der Waals surface area contributed by atoms with Gasteiger partial charge in [0, 0.05) is 53.4 Å². The number of carboxylic acid groups (broad SMARTS) is 4. The number of hydrogen-bond donors (Lipinski definition) is 23. The number of hydrogen-bond acceptors (Lipinski definition) is 33. The van der Waals surface area contributed by atoms with E-state index in [9.17, 15) is 130 Å². The van der Waals surface area contributed by atoms with Gasteiger partial charge in [0.2, 0.25) is 23.6 Å². The van der Waals surface area contributed by atoms with Crippen LogP contribution in [-0.2, 0) is 81.2 Å². The van der Waals surface area contributed by atoms with E-state index in [1.807, 2.05) is 0 Å². The van der Waals surface area contributed by atoms with Gasteiger partial charge in [-0.25, -0.2) is 25.1 Å². The first-order valence-electron chi connectivity index (χ1n) is 27.0. The van der Waals surface area contributed by atoms with E-state index in [0.717, 1.165) is 27.7 Å². The third kappa shape index (κ3) is 20.2. The van der Waals surface area contributed by atoms with E-state index in [2.05, 4.69) is 31.3 Å². The predicted octanol–water partition coefficient (Wildman–Crippen LogP) is -12.8. The summed E-state index contributed by atoms with van der Waals surface area (Å²) < 4.78 is 38.8. The smallest absolute Gasteiger partial charge is 0.364 e. The van der Waals surface area contributed by atoms with Gasteiger partial charge in [-0.2, -0.15) is 0 Å². The second-order valence-corrected chi connectivity index (χ2v) is 20.8. The summed E-state index contributed by atoms with van der Waals surface area (Å²) in [5.74, 6) is -18.2. The van der Waals surface area contributed by atoms with Crippen LogP contribution in [-0.4, -0.2) is 337 Å². The van der Waals surface area contributed by atoms with Crippen LogP contribution in [0.3, 0.4) is 0 Å². The minimum atomic E-state index is -3.56. The highest BCUT2D eigenvalue weighted by Gasteiger charge is 2.63. The fourth-order valence-electron chi connectivity index (χ4n) is 9.89. The Morgan fingerprint density at radius 2 is 0.888 bits per heavy atom. The number of rotatable bonds is 37. The number of carboxylic acids is 4. The van der Waals surface area contributed by atoms with Gasteiger partial charge in [-0.05, 0) is 0 Å². The Balaban J connectivity index is 2.10. The van der Waals surface area contributed by atoms with Crippen molar-refractivity contribution in [2.45, 2.75) is 193 Å². The quantitative estimate of drug-likeness (QED) is 0.0156. The van der Waals surface area contributed by atoms with E-state index in [4.69, 9.17) is 43.9 Å². The van der Waals surface area contributed by atoms with E-state index >= 15 is 0 Å². The van der Waals surface area contributed by atoms with Gasteiger partial charge in [0.05, 0.1) is 94.8 Å². The van der Waals surface area contributed by atoms with Crippen molar-refractivity contribution < 1.29 is 173 Å². The van der Waals surface area contributed by atoms with E-state index in [-0.39, 0.29) is 26.4 Å². The molecule has 0 radical (unpaired) electrons. The number of nitrogens with one attached hydrogen (secondary N) is 4. The molecule has 0 spiro atoms. The normalized spacial score (nSPS) is 31.1. The van der Waals surface area contributed by atoms with Crippen molar-refractivity contribution in [3.8, 4) is 0 Å². The van der Waals surface area contributed by atoms with Gasteiger partial charge < -0.3 is 156 Å². The Morgan fingerprint density at radius 3 is 1.21 bits per heavy atom. The van der Waals surface area contributed by atoms with E-state index < -0.39 is 245 Å². The number of nitrogens with two attached hydrogens (primary N) is 1. The number of aliphatic hydroxyl groups is 14. The molecule has 0 bridgehead atoms. The van der Waals surface area contributed by atoms with Gasteiger partial charge in [-0.1, -0.05) is 5.16 Å². The first kappa shape index (κ1) is 77.6. The molecule has 3 rings (SSSR count). The summed E-state index contributed by atoms with van der Waals surface area (Å²) in [4.78, 5) is 111. The summed E-state index contributed by atoms with van der Waals surface area (Å²) in [5, 5.41) is 209.